The average molecular weight is 246 g/mol. The van der Waals surface area contributed by atoms with Crippen LogP contribution in [-0.4, -0.2) is 17.3 Å². The minimum absolute atomic E-state index is 0.581. The van der Waals surface area contributed by atoms with E-state index in [2.05, 4.69) is 31.3 Å². The Morgan fingerprint density at radius 2 is 1.80 bits per heavy atom. The monoisotopic (exact) mass is 246 g/mol. The van der Waals surface area contributed by atoms with Crippen molar-refractivity contribution in [3.8, 4) is 0 Å². The summed E-state index contributed by atoms with van der Waals surface area (Å²) in [5.74, 6) is 3.81. The summed E-state index contributed by atoms with van der Waals surface area (Å²) in [5.41, 5.74) is 0.581. The molecule has 1 saturated carbocycles. The first-order chi connectivity index (χ1) is 7.33. The Bertz CT molecular complexity index is 149. The summed E-state index contributed by atoms with van der Waals surface area (Å²) < 4.78 is 0. The van der Waals surface area contributed by atoms with E-state index < -0.39 is 0 Å². The molecule has 0 aliphatic heterocycles. The molecule has 0 atom stereocenters. The molecule has 0 heterocycles. The molecule has 90 valence electrons. The average Bonchev–Trinajstić information content (AvgIpc) is 2.51. The van der Waals surface area contributed by atoms with Crippen LogP contribution in [0.3, 0.4) is 0 Å². The normalized spacial score (nSPS) is 21.2. The topological polar surface area (TPSA) is 0 Å². The molecule has 1 aliphatic rings. The van der Waals surface area contributed by atoms with Gasteiger partial charge in [-0.25, -0.2) is 0 Å². The van der Waals surface area contributed by atoms with E-state index in [0.29, 0.717) is 5.41 Å². The number of hydrogen-bond donors (Lipinski definition) is 1. The molecule has 0 nitrogen and oxygen atoms in total. The van der Waals surface area contributed by atoms with Crippen molar-refractivity contribution in [1.82, 2.24) is 0 Å². The molecule has 1 aliphatic carbocycles. The van der Waals surface area contributed by atoms with Crippen LogP contribution in [0.25, 0.3) is 0 Å². The van der Waals surface area contributed by atoms with Crippen LogP contribution in [0.4, 0.5) is 0 Å². The molecule has 0 aromatic heterocycles. The zero-order valence-electron chi connectivity index (χ0n) is 10.1. The van der Waals surface area contributed by atoms with Crippen molar-refractivity contribution in [3.63, 3.8) is 0 Å². The predicted molar refractivity (Wildman–Crippen MR) is 76.2 cm³/mol. The van der Waals surface area contributed by atoms with Crippen molar-refractivity contribution >= 4 is 24.4 Å². The van der Waals surface area contributed by atoms with Crippen molar-refractivity contribution in [2.75, 3.05) is 17.3 Å². The summed E-state index contributed by atoms with van der Waals surface area (Å²) in [7, 11) is 0. The molecule has 0 amide bonds. The number of unbranched alkanes of at least 4 members (excludes halogenated alkanes) is 1. The molecule has 0 aromatic rings. The van der Waals surface area contributed by atoms with Gasteiger partial charge in [-0.3, -0.25) is 0 Å². The van der Waals surface area contributed by atoms with E-state index in [9.17, 15) is 0 Å². The minimum atomic E-state index is 0.581. The number of thiol groups is 1. The van der Waals surface area contributed by atoms with E-state index >= 15 is 0 Å². The minimum Gasteiger partial charge on any atom is -0.179 e. The summed E-state index contributed by atoms with van der Waals surface area (Å²) in [6.45, 7) is 2.28. The molecule has 0 aromatic carbocycles. The second-order valence-corrected chi connectivity index (χ2v) is 6.40. The lowest BCUT2D eigenvalue weighted by atomic mass is 9.84. The molecule has 0 radical (unpaired) electrons. The summed E-state index contributed by atoms with van der Waals surface area (Å²) in [6, 6.07) is 0. The molecule has 1 fully saturated rings. The van der Waals surface area contributed by atoms with Gasteiger partial charge in [0.15, 0.2) is 0 Å². The van der Waals surface area contributed by atoms with E-state index in [1.165, 1.54) is 62.9 Å². The third-order valence-electron chi connectivity index (χ3n) is 3.55. The summed E-state index contributed by atoms with van der Waals surface area (Å²) in [6.07, 6.45) is 11.4. The highest BCUT2D eigenvalue weighted by molar-refractivity contribution is 7.99. The third-order valence-corrected chi connectivity index (χ3v) is 5.61. The van der Waals surface area contributed by atoms with Crippen LogP contribution in [0.2, 0.25) is 0 Å². The van der Waals surface area contributed by atoms with Crippen LogP contribution in [0.5, 0.6) is 0 Å². The molecule has 0 spiro atoms. The second kappa shape index (κ2) is 7.89. The lowest BCUT2D eigenvalue weighted by molar-refractivity contribution is 0.332. The van der Waals surface area contributed by atoms with Crippen LogP contribution in [0.15, 0.2) is 0 Å². The highest BCUT2D eigenvalue weighted by Gasteiger charge is 2.29. The Morgan fingerprint density at radius 1 is 1.13 bits per heavy atom. The Kier molecular flexibility index (Phi) is 7.24. The van der Waals surface area contributed by atoms with Gasteiger partial charge in [0.2, 0.25) is 0 Å². The van der Waals surface area contributed by atoms with E-state index in [1.54, 1.807) is 0 Å². The highest BCUT2D eigenvalue weighted by Crippen LogP contribution is 2.38. The van der Waals surface area contributed by atoms with Crippen molar-refractivity contribution in [3.05, 3.63) is 0 Å². The smallest absolute Gasteiger partial charge is 0.000300 e. The van der Waals surface area contributed by atoms with E-state index in [1.807, 2.05) is 0 Å². The molecule has 2 heteroatoms. The van der Waals surface area contributed by atoms with Crippen molar-refractivity contribution in [2.24, 2.45) is 5.41 Å². The summed E-state index contributed by atoms with van der Waals surface area (Å²) >= 11 is 6.78. The third kappa shape index (κ3) is 5.04. The van der Waals surface area contributed by atoms with Gasteiger partial charge < -0.3 is 0 Å². The molecular weight excluding hydrogens is 220 g/mol. The summed E-state index contributed by atoms with van der Waals surface area (Å²) in [4.78, 5) is 0. The fourth-order valence-corrected chi connectivity index (χ4v) is 4.40. The predicted octanol–water partition coefficient (Wildman–Crippen LogP) is 4.79. The maximum Gasteiger partial charge on any atom is -0.000300 e. The maximum atomic E-state index is 4.61. The van der Waals surface area contributed by atoms with Crippen molar-refractivity contribution < 1.29 is 0 Å². The van der Waals surface area contributed by atoms with Gasteiger partial charge >= 0.3 is 0 Å². The molecule has 1 rings (SSSR count). The Morgan fingerprint density at radius 3 is 2.33 bits per heavy atom. The standard InChI is InChI=1S/C13H26S2/c1-2-3-10-15-12-13(11-14)8-6-4-5-7-9-13/h14H,2-12H2,1H3. The number of rotatable bonds is 6. The van der Waals surface area contributed by atoms with E-state index in [0.717, 1.165) is 5.75 Å². The first kappa shape index (κ1) is 13.8. The zero-order valence-corrected chi connectivity index (χ0v) is 11.8. The van der Waals surface area contributed by atoms with Crippen molar-refractivity contribution in [2.45, 2.75) is 58.3 Å². The largest absolute Gasteiger partial charge is 0.179 e. The van der Waals surface area contributed by atoms with Gasteiger partial charge in [0, 0.05) is 0 Å². The van der Waals surface area contributed by atoms with E-state index in [-0.39, 0.29) is 0 Å². The fourth-order valence-electron chi connectivity index (χ4n) is 2.36. The second-order valence-electron chi connectivity index (χ2n) is 4.98. The van der Waals surface area contributed by atoms with Gasteiger partial charge in [0.05, 0.1) is 0 Å². The van der Waals surface area contributed by atoms with Crippen LogP contribution >= 0.6 is 24.4 Å². The molecule has 0 unspecified atom stereocenters. The first-order valence-electron chi connectivity index (χ1n) is 6.51. The van der Waals surface area contributed by atoms with Gasteiger partial charge in [0.1, 0.15) is 0 Å². The lowest BCUT2D eigenvalue weighted by Crippen LogP contribution is -2.25. The molecule has 15 heavy (non-hydrogen) atoms. The Balaban J connectivity index is 2.29. The highest BCUT2D eigenvalue weighted by atomic mass is 32.2. The van der Waals surface area contributed by atoms with Crippen LogP contribution in [-0.2, 0) is 0 Å². The maximum absolute atomic E-state index is 4.61. The SMILES string of the molecule is CCCCSCC1(CS)CCCCCC1. The first-order valence-corrected chi connectivity index (χ1v) is 8.30. The van der Waals surface area contributed by atoms with Crippen LogP contribution < -0.4 is 0 Å². The van der Waals surface area contributed by atoms with Crippen molar-refractivity contribution in [1.29, 1.82) is 0 Å². The quantitative estimate of drug-likeness (QED) is 0.399. The van der Waals surface area contributed by atoms with Crippen LogP contribution in [0.1, 0.15) is 58.3 Å². The zero-order chi connectivity index (χ0) is 11.0. The molecule has 0 N–H and O–H groups in total. The van der Waals surface area contributed by atoms with Gasteiger partial charge in [-0.2, -0.15) is 24.4 Å². The summed E-state index contributed by atoms with van der Waals surface area (Å²) in [5, 5.41) is 0. The fraction of sp³-hybridized carbons (Fsp3) is 1.00. The van der Waals surface area contributed by atoms with Crippen LogP contribution in [0, 0.1) is 5.41 Å². The Hall–Kier alpha value is 0.700. The number of thioether (sulfide) groups is 1. The van der Waals surface area contributed by atoms with Gasteiger partial charge in [-0.15, -0.1) is 0 Å². The van der Waals surface area contributed by atoms with Gasteiger partial charge in [-0.05, 0) is 41.9 Å². The Labute approximate surface area is 105 Å². The lowest BCUT2D eigenvalue weighted by Gasteiger charge is -2.30. The molecular formula is C13H26S2. The molecule has 0 bridgehead atoms. The number of hydrogen-bond acceptors (Lipinski definition) is 2. The van der Waals surface area contributed by atoms with Gasteiger partial charge in [0.25, 0.3) is 0 Å². The van der Waals surface area contributed by atoms with E-state index in [4.69, 9.17) is 0 Å². The van der Waals surface area contributed by atoms with Gasteiger partial charge in [-0.1, -0.05) is 39.0 Å². The molecule has 0 saturated heterocycles.